The van der Waals surface area contributed by atoms with Gasteiger partial charge in [0.15, 0.2) is 17.3 Å². The van der Waals surface area contributed by atoms with Gasteiger partial charge in [-0.15, -0.1) is 6.58 Å². The number of aromatic nitrogens is 1. The maximum atomic E-state index is 13.0. The van der Waals surface area contributed by atoms with Crippen LogP contribution in [-0.2, 0) is 13.1 Å². The molecule has 1 aromatic carbocycles. The molecule has 2 aromatic rings. The fraction of sp³-hybridized carbons (Fsp3) is 0.480. The van der Waals surface area contributed by atoms with E-state index < -0.39 is 0 Å². The maximum absolute atomic E-state index is 13.0. The summed E-state index contributed by atoms with van der Waals surface area (Å²) in [6, 6.07) is 5.93. The Morgan fingerprint density at radius 3 is 2.25 bits per heavy atom. The number of hydrogen-bond acceptors (Lipinski definition) is 6. The zero-order chi connectivity index (χ0) is 23.3. The van der Waals surface area contributed by atoms with Gasteiger partial charge in [0.2, 0.25) is 5.75 Å². The summed E-state index contributed by atoms with van der Waals surface area (Å²) in [5, 5.41) is 0. The van der Waals surface area contributed by atoms with Gasteiger partial charge in [0.25, 0.3) is 0 Å². The summed E-state index contributed by atoms with van der Waals surface area (Å²) < 4.78 is 18.6. The first-order valence-electron chi connectivity index (χ1n) is 11.0. The molecule has 0 aliphatic carbocycles. The second kappa shape index (κ2) is 10.7. The number of aryl methyl sites for hydroxylation is 1. The number of methoxy groups -OCH3 is 3. The van der Waals surface area contributed by atoms with E-state index in [-0.39, 0.29) is 5.78 Å². The fourth-order valence-electron chi connectivity index (χ4n) is 4.42. The van der Waals surface area contributed by atoms with Crippen molar-refractivity contribution in [1.29, 1.82) is 0 Å². The van der Waals surface area contributed by atoms with Crippen LogP contribution in [0.25, 0.3) is 0 Å². The van der Waals surface area contributed by atoms with Crippen LogP contribution in [0.1, 0.15) is 27.3 Å². The van der Waals surface area contributed by atoms with Gasteiger partial charge in [-0.25, -0.2) is 0 Å². The van der Waals surface area contributed by atoms with E-state index in [1.165, 1.54) is 0 Å². The van der Waals surface area contributed by atoms with Gasteiger partial charge in [-0.1, -0.05) is 12.1 Å². The number of Topliss-reactive ketones (excluding diaryl/α,β-unsaturated/α-hetero) is 1. The molecule has 174 valence electrons. The van der Waals surface area contributed by atoms with Crippen molar-refractivity contribution < 1.29 is 19.0 Å². The Morgan fingerprint density at radius 1 is 1.00 bits per heavy atom. The lowest BCUT2D eigenvalue weighted by Crippen LogP contribution is -2.47. The summed E-state index contributed by atoms with van der Waals surface area (Å²) in [6.07, 6.45) is 1.86. The van der Waals surface area contributed by atoms with Crippen LogP contribution in [0, 0.1) is 13.8 Å². The molecule has 3 rings (SSSR count). The number of piperazine rings is 1. The Bertz CT molecular complexity index is 959. The number of hydrogen-bond donors (Lipinski definition) is 0. The van der Waals surface area contributed by atoms with Gasteiger partial charge in [0, 0.05) is 61.8 Å². The van der Waals surface area contributed by atoms with Crippen LogP contribution in [0.3, 0.4) is 0 Å². The highest BCUT2D eigenvalue weighted by Gasteiger charge is 2.24. The molecule has 0 unspecified atom stereocenters. The van der Waals surface area contributed by atoms with Gasteiger partial charge in [-0.05, 0) is 26.0 Å². The first-order valence-corrected chi connectivity index (χ1v) is 11.0. The third-order valence-electron chi connectivity index (χ3n) is 6.20. The molecule has 1 fully saturated rings. The highest BCUT2D eigenvalue weighted by Crippen LogP contribution is 2.40. The van der Waals surface area contributed by atoms with E-state index in [0.29, 0.717) is 23.8 Å². The molecule has 0 N–H and O–H groups in total. The van der Waals surface area contributed by atoms with Crippen LogP contribution in [0.4, 0.5) is 0 Å². The fourth-order valence-corrected chi connectivity index (χ4v) is 4.42. The molecule has 7 heteroatoms. The third kappa shape index (κ3) is 5.00. The number of nitrogens with zero attached hydrogens (tertiary/aromatic N) is 3. The number of allylic oxidation sites excluding steroid dienone is 1. The minimum absolute atomic E-state index is 0.184. The first kappa shape index (κ1) is 23.9. The topological polar surface area (TPSA) is 56.2 Å². The lowest BCUT2D eigenvalue weighted by atomic mass is 10.1. The Morgan fingerprint density at radius 2 is 1.66 bits per heavy atom. The third-order valence-corrected chi connectivity index (χ3v) is 6.20. The lowest BCUT2D eigenvalue weighted by Gasteiger charge is -2.34. The van der Waals surface area contributed by atoms with Gasteiger partial charge in [0.05, 0.1) is 27.9 Å². The SMILES string of the molecule is C=CCn1c(C)cc(C(=O)CN2CCN(Cc3ccc(OC)c(OC)c3OC)CC2)c1C. The summed E-state index contributed by atoms with van der Waals surface area (Å²) in [6.45, 7) is 13.3. The largest absolute Gasteiger partial charge is 0.493 e. The minimum Gasteiger partial charge on any atom is -0.493 e. The Balaban J connectivity index is 1.60. The van der Waals surface area contributed by atoms with Crippen molar-refractivity contribution in [1.82, 2.24) is 14.4 Å². The Kier molecular flexibility index (Phi) is 7.99. The van der Waals surface area contributed by atoms with E-state index in [9.17, 15) is 4.79 Å². The number of rotatable bonds is 10. The molecule has 2 heterocycles. The average Bonchev–Trinajstić information content (AvgIpc) is 3.08. The van der Waals surface area contributed by atoms with Gasteiger partial charge >= 0.3 is 0 Å². The van der Waals surface area contributed by atoms with E-state index in [4.69, 9.17) is 14.2 Å². The van der Waals surface area contributed by atoms with E-state index in [1.807, 2.05) is 38.1 Å². The smallest absolute Gasteiger partial charge is 0.203 e. The van der Waals surface area contributed by atoms with Gasteiger partial charge < -0.3 is 18.8 Å². The van der Waals surface area contributed by atoms with Gasteiger partial charge in [-0.2, -0.15) is 0 Å². The van der Waals surface area contributed by atoms with E-state index in [2.05, 4.69) is 20.9 Å². The molecule has 0 atom stereocenters. The molecule has 7 nitrogen and oxygen atoms in total. The molecular formula is C25H35N3O4. The molecular weight excluding hydrogens is 406 g/mol. The van der Waals surface area contributed by atoms with Crippen LogP contribution >= 0.6 is 0 Å². The van der Waals surface area contributed by atoms with Crippen LogP contribution in [0.2, 0.25) is 0 Å². The predicted octanol–water partition coefficient (Wildman–Crippen LogP) is 3.32. The van der Waals surface area contributed by atoms with Crippen LogP contribution in [0.5, 0.6) is 17.2 Å². The van der Waals surface area contributed by atoms with Crippen LogP contribution in [-0.4, -0.2) is 74.2 Å². The summed E-state index contributed by atoms with van der Waals surface area (Å²) in [4.78, 5) is 17.6. The van der Waals surface area contributed by atoms with Crippen molar-refractivity contribution >= 4 is 5.78 Å². The second-order valence-electron chi connectivity index (χ2n) is 8.15. The number of benzene rings is 1. The molecule has 1 saturated heterocycles. The summed E-state index contributed by atoms with van der Waals surface area (Å²) in [5.74, 6) is 2.16. The lowest BCUT2D eigenvalue weighted by molar-refractivity contribution is 0.0842. The number of ether oxygens (including phenoxy) is 3. The molecule has 0 amide bonds. The van der Waals surface area contributed by atoms with E-state index in [1.54, 1.807) is 21.3 Å². The summed E-state index contributed by atoms with van der Waals surface area (Å²) >= 11 is 0. The normalized spacial score (nSPS) is 14.9. The molecule has 0 saturated carbocycles. The average molecular weight is 442 g/mol. The van der Waals surface area contributed by atoms with Crippen molar-refractivity contribution in [2.75, 3.05) is 54.1 Å². The first-order chi connectivity index (χ1) is 15.4. The molecule has 0 spiro atoms. The monoisotopic (exact) mass is 441 g/mol. The van der Waals surface area contributed by atoms with Crippen molar-refractivity contribution in [3.63, 3.8) is 0 Å². The van der Waals surface area contributed by atoms with Crippen molar-refractivity contribution in [3.8, 4) is 17.2 Å². The number of carbonyl (C=O) groups excluding carboxylic acids is 1. The van der Waals surface area contributed by atoms with Crippen molar-refractivity contribution in [2.24, 2.45) is 0 Å². The molecule has 1 aromatic heterocycles. The molecule has 0 radical (unpaired) electrons. The molecule has 0 bridgehead atoms. The summed E-state index contributed by atoms with van der Waals surface area (Å²) in [7, 11) is 4.89. The zero-order valence-electron chi connectivity index (χ0n) is 19.9. The Labute approximate surface area is 191 Å². The van der Waals surface area contributed by atoms with Gasteiger partial charge in [-0.3, -0.25) is 14.6 Å². The minimum atomic E-state index is 0.184. The zero-order valence-corrected chi connectivity index (χ0v) is 19.9. The highest BCUT2D eigenvalue weighted by molar-refractivity contribution is 5.99. The van der Waals surface area contributed by atoms with Crippen molar-refractivity contribution in [2.45, 2.75) is 26.9 Å². The maximum Gasteiger partial charge on any atom is 0.203 e. The molecule has 32 heavy (non-hydrogen) atoms. The quantitative estimate of drug-likeness (QED) is 0.417. The Hall–Kier alpha value is -2.77. The number of carbonyl (C=O) groups is 1. The molecule has 1 aliphatic heterocycles. The summed E-state index contributed by atoms with van der Waals surface area (Å²) in [5.41, 5.74) is 4.00. The van der Waals surface area contributed by atoms with Crippen molar-refractivity contribution in [3.05, 3.63) is 53.4 Å². The standard InChI is InChI=1S/C25H35N3O4/c1-7-10-28-18(2)15-21(19(28)3)22(29)17-27-13-11-26(12-14-27)16-20-8-9-23(30-4)25(32-6)24(20)31-5/h7-9,15H,1,10-14,16-17H2,2-6H3. The van der Waals surface area contributed by atoms with E-state index >= 15 is 0 Å². The van der Waals surface area contributed by atoms with Crippen LogP contribution < -0.4 is 14.2 Å². The number of ketones is 1. The predicted molar refractivity (Wildman–Crippen MR) is 126 cm³/mol. The molecule has 1 aliphatic rings. The van der Waals surface area contributed by atoms with Crippen LogP contribution in [0.15, 0.2) is 30.9 Å². The second-order valence-corrected chi connectivity index (χ2v) is 8.15. The highest BCUT2D eigenvalue weighted by atomic mass is 16.5. The van der Waals surface area contributed by atoms with Gasteiger partial charge in [0.1, 0.15) is 0 Å². The van der Waals surface area contributed by atoms with E-state index in [0.717, 1.165) is 61.8 Å².